The zero-order valence-corrected chi connectivity index (χ0v) is 18.0. The summed E-state index contributed by atoms with van der Waals surface area (Å²) in [6.07, 6.45) is 3.91. The number of carbonyl (C=O) groups excluding carboxylic acids is 3. The van der Waals surface area contributed by atoms with Crippen LogP contribution in [0.2, 0.25) is 0 Å². The summed E-state index contributed by atoms with van der Waals surface area (Å²) in [6, 6.07) is -0.771. The van der Waals surface area contributed by atoms with E-state index < -0.39 is 29.1 Å². The zero-order valence-electron chi connectivity index (χ0n) is 18.0. The molecule has 1 spiro atoms. The number of nitrogens with zero attached hydrogens (tertiary/aromatic N) is 1. The summed E-state index contributed by atoms with van der Waals surface area (Å²) in [4.78, 5) is 41.0. The van der Waals surface area contributed by atoms with E-state index in [0.29, 0.717) is 19.4 Å². The molecule has 29 heavy (non-hydrogen) atoms. The fraction of sp³-hybridized carbons (Fsp3) is 0.857. The van der Waals surface area contributed by atoms with E-state index in [-0.39, 0.29) is 36.8 Å². The van der Waals surface area contributed by atoms with Crippen LogP contribution in [-0.2, 0) is 19.1 Å². The Morgan fingerprint density at radius 2 is 2.00 bits per heavy atom. The first kappa shape index (κ1) is 22.0. The van der Waals surface area contributed by atoms with E-state index in [2.05, 4.69) is 17.6 Å². The molecule has 3 saturated heterocycles. The Morgan fingerprint density at radius 3 is 2.62 bits per heavy atom. The third-order valence-corrected chi connectivity index (χ3v) is 7.23. The van der Waals surface area contributed by atoms with E-state index in [1.54, 1.807) is 11.9 Å². The Balaban J connectivity index is 1.96. The van der Waals surface area contributed by atoms with Crippen molar-refractivity contribution in [1.82, 2.24) is 15.5 Å². The van der Waals surface area contributed by atoms with E-state index in [4.69, 9.17) is 4.74 Å². The van der Waals surface area contributed by atoms with Crippen LogP contribution in [0, 0.1) is 17.8 Å². The number of fused-ring (bicyclic) bond motifs is 1. The highest BCUT2D eigenvalue weighted by atomic mass is 16.5. The zero-order chi connectivity index (χ0) is 21.4. The number of ether oxygens (including phenoxy) is 1. The molecule has 0 aromatic carbocycles. The van der Waals surface area contributed by atoms with Crippen LogP contribution in [0.15, 0.2) is 0 Å². The highest BCUT2D eigenvalue weighted by Gasteiger charge is 2.79. The van der Waals surface area contributed by atoms with Gasteiger partial charge in [-0.25, -0.2) is 0 Å². The number of carbonyl (C=O) groups is 3. The summed E-state index contributed by atoms with van der Waals surface area (Å²) in [5, 5.41) is 15.0. The fourth-order valence-corrected chi connectivity index (χ4v) is 5.76. The Labute approximate surface area is 172 Å². The van der Waals surface area contributed by atoms with Crippen molar-refractivity contribution in [2.45, 2.75) is 70.1 Å². The number of hydrogen-bond donors (Lipinski definition) is 3. The van der Waals surface area contributed by atoms with Crippen LogP contribution in [-0.4, -0.2) is 71.7 Å². The average Bonchev–Trinajstić information content (AvgIpc) is 3.20. The van der Waals surface area contributed by atoms with Crippen molar-refractivity contribution in [3.8, 4) is 0 Å². The van der Waals surface area contributed by atoms with Crippen LogP contribution in [0.4, 0.5) is 0 Å². The number of rotatable bonds is 9. The largest absolute Gasteiger partial charge is 0.396 e. The molecule has 3 amide bonds. The molecule has 6 atom stereocenters. The van der Waals surface area contributed by atoms with Gasteiger partial charge >= 0.3 is 0 Å². The van der Waals surface area contributed by atoms with Gasteiger partial charge < -0.3 is 25.4 Å². The van der Waals surface area contributed by atoms with Gasteiger partial charge in [0.2, 0.25) is 17.7 Å². The molecule has 0 aliphatic carbocycles. The van der Waals surface area contributed by atoms with Gasteiger partial charge in [0.05, 0.1) is 17.4 Å². The van der Waals surface area contributed by atoms with Gasteiger partial charge in [0.15, 0.2) is 0 Å². The molecule has 3 unspecified atom stereocenters. The molecule has 0 aromatic rings. The molecule has 0 aromatic heterocycles. The lowest BCUT2D eigenvalue weighted by Crippen LogP contribution is -2.56. The van der Waals surface area contributed by atoms with Gasteiger partial charge in [-0.1, -0.05) is 26.7 Å². The van der Waals surface area contributed by atoms with E-state index in [0.717, 1.165) is 19.3 Å². The summed E-state index contributed by atoms with van der Waals surface area (Å²) < 4.78 is 6.51. The van der Waals surface area contributed by atoms with Crippen LogP contribution in [0.25, 0.3) is 0 Å². The molecule has 0 radical (unpaired) electrons. The predicted octanol–water partition coefficient (Wildman–Crippen LogP) is 0.432. The number of aliphatic hydroxyl groups excluding tert-OH is 1. The molecule has 3 fully saturated rings. The third kappa shape index (κ3) is 3.24. The molecular weight excluding hydrogens is 374 g/mol. The molecule has 3 rings (SSSR count). The number of aliphatic hydroxyl groups is 1. The average molecular weight is 410 g/mol. The van der Waals surface area contributed by atoms with Gasteiger partial charge in [-0.3, -0.25) is 14.4 Å². The van der Waals surface area contributed by atoms with Crippen molar-refractivity contribution in [1.29, 1.82) is 0 Å². The topological polar surface area (TPSA) is 108 Å². The van der Waals surface area contributed by atoms with E-state index in [1.165, 1.54) is 0 Å². The van der Waals surface area contributed by atoms with Crippen molar-refractivity contribution >= 4 is 17.7 Å². The van der Waals surface area contributed by atoms with Crippen molar-refractivity contribution in [3.63, 3.8) is 0 Å². The Bertz CT molecular complexity index is 671. The SMILES string of the molecule is CCCCCNC(=O)C1N(CCCO)C(=O)[C@@H]2[C@H](C(=O)NC)[C@@]3(C)OC12CC3C. The molecule has 8 heteroatoms. The first-order valence-electron chi connectivity index (χ1n) is 10.9. The molecule has 164 valence electrons. The van der Waals surface area contributed by atoms with Gasteiger partial charge in [0, 0.05) is 26.7 Å². The lowest BCUT2D eigenvalue weighted by molar-refractivity contribution is -0.147. The van der Waals surface area contributed by atoms with Crippen LogP contribution in [0.1, 0.15) is 52.9 Å². The van der Waals surface area contributed by atoms with Crippen molar-refractivity contribution in [2.24, 2.45) is 17.8 Å². The standard InChI is InChI=1S/C21H35N3O5/c1-5-6-7-9-23-18(27)16-21-12-13(2)20(3,29-21)14(17(26)22-4)15(21)19(28)24(16)10-8-11-25/h13-16,25H,5-12H2,1-4H3,(H,22,26)(H,23,27)/t13?,14-,15+,16?,20+,21?/m1/s1. The molecule has 2 bridgehead atoms. The number of nitrogens with one attached hydrogen (secondary N) is 2. The van der Waals surface area contributed by atoms with Crippen LogP contribution < -0.4 is 10.6 Å². The summed E-state index contributed by atoms with van der Waals surface area (Å²) >= 11 is 0. The molecule has 8 nitrogen and oxygen atoms in total. The van der Waals surface area contributed by atoms with Gasteiger partial charge in [-0.05, 0) is 32.1 Å². The Hall–Kier alpha value is -1.67. The van der Waals surface area contributed by atoms with Crippen molar-refractivity contribution < 1.29 is 24.2 Å². The van der Waals surface area contributed by atoms with Crippen molar-refractivity contribution in [3.05, 3.63) is 0 Å². The summed E-state index contributed by atoms with van der Waals surface area (Å²) in [7, 11) is 1.57. The first-order chi connectivity index (χ1) is 13.8. The number of hydrogen-bond acceptors (Lipinski definition) is 5. The number of unbranched alkanes of at least 4 members (excludes halogenated alkanes) is 2. The number of amides is 3. The quantitative estimate of drug-likeness (QED) is 0.479. The van der Waals surface area contributed by atoms with Crippen LogP contribution in [0.3, 0.4) is 0 Å². The minimum Gasteiger partial charge on any atom is -0.396 e. The van der Waals surface area contributed by atoms with Gasteiger partial charge in [0.1, 0.15) is 11.6 Å². The van der Waals surface area contributed by atoms with E-state index in [9.17, 15) is 19.5 Å². The van der Waals surface area contributed by atoms with Crippen LogP contribution >= 0.6 is 0 Å². The maximum atomic E-state index is 13.5. The molecule has 3 aliphatic rings. The summed E-state index contributed by atoms with van der Waals surface area (Å²) in [5.74, 6) is -1.90. The highest BCUT2D eigenvalue weighted by Crippen LogP contribution is 2.65. The molecule has 3 aliphatic heterocycles. The molecule has 3 N–H and O–H groups in total. The Morgan fingerprint density at radius 1 is 1.28 bits per heavy atom. The first-order valence-corrected chi connectivity index (χ1v) is 10.9. The van der Waals surface area contributed by atoms with Gasteiger partial charge in [-0.2, -0.15) is 0 Å². The van der Waals surface area contributed by atoms with Crippen molar-refractivity contribution in [2.75, 3.05) is 26.7 Å². The minimum atomic E-state index is -0.993. The van der Waals surface area contributed by atoms with E-state index >= 15 is 0 Å². The second-order valence-electron chi connectivity index (χ2n) is 8.93. The lowest BCUT2D eigenvalue weighted by Gasteiger charge is -2.36. The molecule has 0 saturated carbocycles. The summed E-state index contributed by atoms with van der Waals surface area (Å²) in [5.41, 5.74) is -1.77. The second-order valence-corrected chi connectivity index (χ2v) is 8.93. The molecular formula is C21H35N3O5. The number of likely N-dealkylation sites (tertiary alicyclic amines) is 1. The monoisotopic (exact) mass is 409 g/mol. The third-order valence-electron chi connectivity index (χ3n) is 7.23. The predicted molar refractivity (Wildman–Crippen MR) is 107 cm³/mol. The normalized spacial score (nSPS) is 37.7. The van der Waals surface area contributed by atoms with Gasteiger partial charge in [-0.15, -0.1) is 0 Å². The fourth-order valence-electron chi connectivity index (χ4n) is 5.76. The maximum absolute atomic E-state index is 13.5. The Kier molecular flexibility index (Phi) is 6.24. The van der Waals surface area contributed by atoms with E-state index in [1.807, 2.05) is 13.8 Å². The second kappa shape index (κ2) is 8.22. The summed E-state index contributed by atoms with van der Waals surface area (Å²) in [6.45, 7) is 6.78. The molecule has 3 heterocycles. The maximum Gasteiger partial charge on any atom is 0.245 e. The van der Waals surface area contributed by atoms with Crippen LogP contribution in [0.5, 0.6) is 0 Å². The van der Waals surface area contributed by atoms with Gasteiger partial charge in [0.25, 0.3) is 0 Å². The lowest BCUT2D eigenvalue weighted by atomic mass is 9.62. The minimum absolute atomic E-state index is 0.0435. The smallest absolute Gasteiger partial charge is 0.245 e. The highest BCUT2D eigenvalue weighted by molar-refractivity contribution is 5.99.